The fourth-order valence-corrected chi connectivity index (χ4v) is 2.60. The van der Waals surface area contributed by atoms with Crippen LogP contribution < -0.4 is 4.90 Å². The average molecular weight is 262 g/mol. The number of thiazole rings is 1. The minimum absolute atomic E-state index is 0.490. The maximum atomic E-state index is 10.2. The van der Waals surface area contributed by atoms with E-state index in [4.69, 9.17) is 0 Å². The Balaban J connectivity index is 2.13. The Hall–Kier alpha value is -1.39. The van der Waals surface area contributed by atoms with Crippen LogP contribution in [0.4, 0.5) is 5.69 Å². The quantitative estimate of drug-likeness (QED) is 0.920. The van der Waals surface area contributed by atoms with Crippen molar-refractivity contribution in [3.63, 3.8) is 0 Å². The fraction of sp³-hybridized carbons (Fsp3) is 0.357. The molecule has 96 valence electrons. The highest BCUT2D eigenvalue weighted by molar-refractivity contribution is 7.09. The van der Waals surface area contributed by atoms with Gasteiger partial charge >= 0.3 is 0 Å². The first-order valence-electron chi connectivity index (χ1n) is 5.92. The molecule has 0 aliphatic rings. The Morgan fingerprint density at radius 1 is 1.39 bits per heavy atom. The van der Waals surface area contributed by atoms with Gasteiger partial charge in [0, 0.05) is 37.3 Å². The molecule has 1 N–H and O–H groups in total. The van der Waals surface area contributed by atoms with Gasteiger partial charge in [0.25, 0.3) is 0 Å². The van der Waals surface area contributed by atoms with E-state index in [-0.39, 0.29) is 0 Å². The molecule has 2 rings (SSSR count). The Kier molecular flexibility index (Phi) is 3.99. The van der Waals surface area contributed by atoms with Gasteiger partial charge in [0.15, 0.2) is 0 Å². The second-order valence-corrected chi connectivity index (χ2v) is 5.53. The predicted octanol–water partition coefficient (Wildman–Crippen LogP) is 2.79. The van der Waals surface area contributed by atoms with E-state index in [1.165, 1.54) is 0 Å². The van der Waals surface area contributed by atoms with Gasteiger partial charge < -0.3 is 10.0 Å². The van der Waals surface area contributed by atoms with Crippen LogP contribution >= 0.6 is 11.3 Å². The summed E-state index contributed by atoms with van der Waals surface area (Å²) in [5.74, 6) is 0. The zero-order valence-corrected chi connectivity index (χ0v) is 11.7. The molecule has 1 aromatic carbocycles. The summed E-state index contributed by atoms with van der Waals surface area (Å²) in [6.45, 7) is 1.97. The number of aliphatic hydroxyl groups excluding tert-OH is 1. The van der Waals surface area contributed by atoms with Crippen LogP contribution in [0.25, 0.3) is 0 Å². The normalized spacial score (nSPS) is 12.4. The maximum absolute atomic E-state index is 10.2. The van der Waals surface area contributed by atoms with Crippen LogP contribution in [0.5, 0.6) is 0 Å². The SMILES string of the molecule is Cc1csc(CC(O)c2cccc(N(C)C)c2)n1. The van der Waals surface area contributed by atoms with Gasteiger partial charge in [-0.05, 0) is 24.6 Å². The smallest absolute Gasteiger partial charge is 0.0957 e. The van der Waals surface area contributed by atoms with Crippen LogP contribution in [0.2, 0.25) is 0 Å². The van der Waals surface area contributed by atoms with Crippen molar-refractivity contribution < 1.29 is 5.11 Å². The molecule has 0 amide bonds. The highest BCUT2D eigenvalue weighted by atomic mass is 32.1. The van der Waals surface area contributed by atoms with E-state index in [2.05, 4.69) is 4.98 Å². The molecule has 0 saturated heterocycles. The summed E-state index contributed by atoms with van der Waals surface area (Å²) in [6.07, 6.45) is 0.0884. The fourth-order valence-electron chi connectivity index (χ4n) is 1.79. The first-order valence-corrected chi connectivity index (χ1v) is 6.80. The number of aromatic nitrogens is 1. The molecule has 4 heteroatoms. The first-order chi connectivity index (χ1) is 8.56. The van der Waals surface area contributed by atoms with Crippen molar-refractivity contribution >= 4 is 17.0 Å². The Morgan fingerprint density at radius 3 is 2.78 bits per heavy atom. The van der Waals surface area contributed by atoms with E-state index in [0.29, 0.717) is 6.42 Å². The predicted molar refractivity (Wildman–Crippen MR) is 76.3 cm³/mol. The topological polar surface area (TPSA) is 36.4 Å². The van der Waals surface area contributed by atoms with E-state index in [1.807, 2.05) is 55.6 Å². The molecule has 0 radical (unpaired) electrons. The maximum Gasteiger partial charge on any atom is 0.0957 e. The first kappa shape index (κ1) is 13.1. The molecule has 0 saturated carbocycles. The van der Waals surface area contributed by atoms with Gasteiger partial charge in [0.2, 0.25) is 0 Å². The number of aliphatic hydroxyl groups is 1. The van der Waals surface area contributed by atoms with Gasteiger partial charge in [-0.25, -0.2) is 4.98 Å². The van der Waals surface area contributed by atoms with Crippen molar-refractivity contribution in [1.29, 1.82) is 0 Å². The lowest BCUT2D eigenvalue weighted by Crippen LogP contribution is -2.10. The molecular formula is C14H18N2OS. The third-order valence-corrected chi connectivity index (χ3v) is 3.79. The second kappa shape index (κ2) is 5.50. The third-order valence-electron chi connectivity index (χ3n) is 2.81. The molecule has 1 unspecified atom stereocenters. The van der Waals surface area contributed by atoms with Gasteiger partial charge in [-0.3, -0.25) is 0 Å². The number of nitrogens with zero attached hydrogens (tertiary/aromatic N) is 2. The summed E-state index contributed by atoms with van der Waals surface area (Å²) in [7, 11) is 3.99. The Morgan fingerprint density at radius 2 is 2.17 bits per heavy atom. The highest BCUT2D eigenvalue weighted by Gasteiger charge is 2.11. The zero-order chi connectivity index (χ0) is 13.1. The number of benzene rings is 1. The minimum atomic E-state index is -0.490. The molecule has 1 aromatic heterocycles. The van der Waals surface area contributed by atoms with Crippen molar-refractivity contribution in [2.24, 2.45) is 0 Å². The lowest BCUT2D eigenvalue weighted by Gasteiger charge is -2.15. The molecule has 0 aliphatic heterocycles. The largest absolute Gasteiger partial charge is 0.388 e. The molecule has 0 aliphatic carbocycles. The van der Waals surface area contributed by atoms with Crippen molar-refractivity contribution in [2.75, 3.05) is 19.0 Å². The van der Waals surface area contributed by atoms with E-state index in [1.54, 1.807) is 11.3 Å². The summed E-state index contributed by atoms with van der Waals surface area (Å²) in [6, 6.07) is 7.98. The van der Waals surface area contributed by atoms with Gasteiger partial charge in [0.1, 0.15) is 0 Å². The molecule has 1 atom stereocenters. The lowest BCUT2D eigenvalue weighted by atomic mass is 10.1. The van der Waals surface area contributed by atoms with Crippen molar-refractivity contribution in [2.45, 2.75) is 19.4 Å². The van der Waals surface area contributed by atoms with Crippen LogP contribution in [-0.2, 0) is 6.42 Å². The Labute approximate surface area is 112 Å². The molecule has 0 spiro atoms. The molecule has 2 aromatic rings. The highest BCUT2D eigenvalue weighted by Crippen LogP contribution is 2.23. The van der Waals surface area contributed by atoms with Crippen molar-refractivity contribution in [3.8, 4) is 0 Å². The molecule has 0 fully saturated rings. The van der Waals surface area contributed by atoms with Gasteiger partial charge in [0.05, 0.1) is 11.1 Å². The van der Waals surface area contributed by atoms with Gasteiger partial charge in [-0.15, -0.1) is 11.3 Å². The number of rotatable bonds is 4. The summed E-state index contributed by atoms with van der Waals surface area (Å²) in [5.41, 5.74) is 3.06. The van der Waals surface area contributed by atoms with E-state index < -0.39 is 6.10 Å². The van der Waals surface area contributed by atoms with E-state index in [9.17, 15) is 5.11 Å². The summed E-state index contributed by atoms with van der Waals surface area (Å²) < 4.78 is 0. The van der Waals surface area contributed by atoms with E-state index >= 15 is 0 Å². The molecule has 1 heterocycles. The van der Waals surface area contributed by atoms with Crippen molar-refractivity contribution in [3.05, 3.63) is 45.9 Å². The molecule has 3 nitrogen and oxygen atoms in total. The summed E-state index contributed by atoms with van der Waals surface area (Å²) >= 11 is 1.60. The number of anilines is 1. The monoisotopic (exact) mass is 262 g/mol. The molecular weight excluding hydrogens is 244 g/mol. The van der Waals surface area contributed by atoms with Crippen LogP contribution in [0, 0.1) is 6.92 Å². The van der Waals surface area contributed by atoms with Gasteiger partial charge in [-0.2, -0.15) is 0 Å². The number of aryl methyl sites for hydroxylation is 1. The molecule has 0 bridgehead atoms. The van der Waals surface area contributed by atoms with Crippen LogP contribution in [0.15, 0.2) is 29.6 Å². The van der Waals surface area contributed by atoms with Crippen LogP contribution in [-0.4, -0.2) is 24.2 Å². The number of hydrogen-bond acceptors (Lipinski definition) is 4. The Bertz CT molecular complexity index is 522. The van der Waals surface area contributed by atoms with Crippen molar-refractivity contribution in [1.82, 2.24) is 4.98 Å². The minimum Gasteiger partial charge on any atom is -0.388 e. The van der Waals surface area contributed by atoms with Crippen LogP contribution in [0.1, 0.15) is 22.4 Å². The third kappa shape index (κ3) is 3.09. The standard InChI is InChI=1S/C14H18N2OS/c1-10-9-18-14(15-10)8-13(17)11-5-4-6-12(7-11)16(2)3/h4-7,9,13,17H,8H2,1-3H3. The number of hydrogen-bond donors (Lipinski definition) is 1. The van der Waals surface area contributed by atoms with Crippen LogP contribution in [0.3, 0.4) is 0 Å². The average Bonchev–Trinajstić information content (AvgIpc) is 2.75. The zero-order valence-electron chi connectivity index (χ0n) is 10.9. The van der Waals surface area contributed by atoms with Gasteiger partial charge in [-0.1, -0.05) is 12.1 Å². The summed E-state index contributed by atoms with van der Waals surface area (Å²) in [5, 5.41) is 13.2. The molecule has 18 heavy (non-hydrogen) atoms. The summed E-state index contributed by atoms with van der Waals surface area (Å²) in [4.78, 5) is 6.41. The second-order valence-electron chi connectivity index (χ2n) is 4.59. The lowest BCUT2D eigenvalue weighted by molar-refractivity contribution is 0.178. The van der Waals surface area contributed by atoms with E-state index in [0.717, 1.165) is 22.0 Å².